The van der Waals surface area contributed by atoms with E-state index in [1.54, 1.807) is 56.1 Å². The molecule has 2 amide bonds. The Morgan fingerprint density at radius 3 is 2.36 bits per heavy atom. The van der Waals surface area contributed by atoms with Gasteiger partial charge in [-0.3, -0.25) is 19.2 Å². The monoisotopic (exact) mass is 733 g/mol. The first-order valence-electron chi connectivity index (χ1n) is 19.5. The number of nitrogens with zero attached hydrogens (tertiary/aromatic N) is 3. The highest BCUT2D eigenvalue weighted by molar-refractivity contribution is 6.21. The number of hydrogen-bond donors (Lipinski definition) is 2. The van der Waals surface area contributed by atoms with Crippen molar-refractivity contribution in [2.75, 3.05) is 33.2 Å². The van der Waals surface area contributed by atoms with Gasteiger partial charge >= 0.3 is 6.09 Å². The minimum Gasteiger partial charge on any atom is -0.444 e. The van der Waals surface area contributed by atoms with Gasteiger partial charge < -0.3 is 34.8 Å². The van der Waals surface area contributed by atoms with E-state index >= 15 is 4.39 Å². The smallest absolute Gasteiger partial charge is 0.407 e. The summed E-state index contributed by atoms with van der Waals surface area (Å²) in [5.41, 5.74) is 0.189. The van der Waals surface area contributed by atoms with E-state index < -0.39 is 71.6 Å². The Morgan fingerprint density at radius 1 is 0.962 bits per heavy atom. The third-order valence-electron chi connectivity index (χ3n) is 12.9. The topological polar surface area (TPSA) is 138 Å². The van der Waals surface area contributed by atoms with Crippen LogP contribution in [0.2, 0.25) is 0 Å². The fourth-order valence-corrected chi connectivity index (χ4v) is 10.4. The third kappa shape index (κ3) is 6.60. The van der Waals surface area contributed by atoms with Crippen molar-refractivity contribution in [3.63, 3.8) is 0 Å². The number of rotatable bonds is 6. The molecular formula is C40H52FN5O7. The van der Waals surface area contributed by atoms with Crippen LogP contribution in [0, 0.1) is 17.8 Å². The Bertz CT molecular complexity index is 1710. The number of morpholine rings is 1. The molecule has 0 aromatic heterocycles. The predicted molar refractivity (Wildman–Crippen MR) is 192 cm³/mol. The van der Waals surface area contributed by atoms with Crippen LogP contribution in [-0.2, 0) is 19.1 Å². The summed E-state index contributed by atoms with van der Waals surface area (Å²) in [6, 6.07) is 5.45. The molecule has 12 nitrogen and oxygen atoms in total. The van der Waals surface area contributed by atoms with Gasteiger partial charge in [-0.1, -0.05) is 24.3 Å². The van der Waals surface area contributed by atoms with Crippen LogP contribution in [0.5, 0.6) is 0 Å². The number of fused-ring (bicyclic) bond motifs is 4. The van der Waals surface area contributed by atoms with Gasteiger partial charge in [-0.15, -0.1) is 0 Å². The van der Waals surface area contributed by atoms with Gasteiger partial charge in [-0.05, 0) is 85.9 Å². The van der Waals surface area contributed by atoms with E-state index in [2.05, 4.69) is 22.6 Å². The molecule has 1 aromatic rings. The second-order valence-electron chi connectivity index (χ2n) is 17.3. The summed E-state index contributed by atoms with van der Waals surface area (Å²) in [5.74, 6) is -2.93. The average Bonchev–Trinajstić information content (AvgIpc) is 3.76. The summed E-state index contributed by atoms with van der Waals surface area (Å²) in [7, 11) is 2.12. The summed E-state index contributed by atoms with van der Waals surface area (Å²) < 4.78 is 28.7. The number of ether oxygens (including phenoxy) is 2. The van der Waals surface area contributed by atoms with Gasteiger partial charge in [0.15, 0.2) is 17.3 Å². The van der Waals surface area contributed by atoms with Crippen molar-refractivity contribution in [1.29, 1.82) is 0 Å². The van der Waals surface area contributed by atoms with E-state index in [1.165, 1.54) is 0 Å². The van der Waals surface area contributed by atoms with Crippen molar-refractivity contribution >= 4 is 29.4 Å². The molecule has 7 aliphatic rings. The van der Waals surface area contributed by atoms with E-state index in [1.807, 2.05) is 4.90 Å². The maximum absolute atomic E-state index is 16.5. The number of ketones is 3. The standard InChI is InChI=1S/C40H52FN5O7/c1-40(2,3)53-39(51)43-21-12-15-45(19-21)38(50)28-20-46-30-17-25-26(35(48)24-10-6-5-9-23(24)34(25)47)18-31(30)52-37-32(29(41)16-27(33(37)46)36(28)49)42-13-11-22-8-7-14-44(22)4/h5-6,9-10,20-22,25-27,29-33,37,42H,7-8,11-19H2,1-4H3,(H,43,51). The van der Waals surface area contributed by atoms with Gasteiger partial charge in [0.05, 0.1) is 41.9 Å². The van der Waals surface area contributed by atoms with Gasteiger partial charge in [0.25, 0.3) is 5.91 Å². The van der Waals surface area contributed by atoms with Crippen LogP contribution >= 0.6 is 0 Å². The van der Waals surface area contributed by atoms with Crippen molar-refractivity contribution < 1.29 is 37.8 Å². The normalized spacial score (nSPS) is 36.7. The number of Topliss-reactive ketones (excluding diaryl/α,β-unsaturated/α-hetero) is 3. The highest BCUT2D eigenvalue weighted by Gasteiger charge is 2.61. The second-order valence-corrected chi connectivity index (χ2v) is 17.3. The molecule has 8 rings (SSSR count). The SMILES string of the molecule is CN1CCCC1CCNC1C(F)CC2C(=O)C(C(=O)N3CCC(NC(=O)OC(C)(C)C)C3)=CN3C4CC5C(=O)c6ccccc6C(=O)C5CC4OC1C23. The van der Waals surface area contributed by atoms with Crippen molar-refractivity contribution in [3.05, 3.63) is 47.2 Å². The molecule has 2 saturated carbocycles. The van der Waals surface area contributed by atoms with Crippen LogP contribution in [-0.4, -0.2) is 131 Å². The van der Waals surface area contributed by atoms with Crippen molar-refractivity contribution in [2.24, 2.45) is 17.8 Å². The Balaban J connectivity index is 1.08. The minimum atomic E-state index is -1.39. The number of amides is 2. The molecule has 0 spiro atoms. The summed E-state index contributed by atoms with van der Waals surface area (Å²) in [5, 5.41) is 6.33. The van der Waals surface area contributed by atoms with E-state index in [0.29, 0.717) is 49.5 Å². The lowest BCUT2D eigenvalue weighted by atomic mass is 9.63. The quantitative estimate of drug-likeness (QED) is 0.420. The first-order valence-corrected chi connectivity index (χ1v) is 19.5. The maximum atomic E-state index is 16.5. The largest absolute Gasteiger partial charge is 0.444 e. The summed E-state index contributed by atoms with van der Waals surface area (Å²) >= 11 is 0. The number of likely N-dealkylation sites (tertiary alicyclic amines) is 2. The molecule has 11 atom stereocenters. The summed E-state index contributed by atoms with van der Waals surface area (Å²) in [6.45, 7) is 7.53. The third-order valence-corrected chi connectivity index (χ3v) is 12.9. The maximum Gasteiger partial charge on any atom is 0.407 e. The molecular weight excluding hydrogens is 681 g/mol. The van der Waals surface area contributed by atoms with Gasteiger partial charge in [-0.2, -0.15) is 0 Å². The molecule has 5 fully saturated rings. The van der Waals surface area contributed by atoms with Crippen molar-refractivity contribution in [3.8, 4) is 0 Å². The van der Waals surface area contributed by atoms with E-state index in [4.69, 9.17) is 9.47 Å². The number of alkyl carbamates (subject to hydrolysis) is 1. The lowest BCUT2D eigenvalue weighted by molar-refractivity contribution is -0.203. The highest BCUT2D eigenvalue weighted by atomic mass is 19.1. The van der Waals surface area contributed by atoms with Crippen LogP contribution in [0.15, 0.2) is 36.0 Å². The minimum absolute atomic E-state index is 0.00929. The van der Waals surface area contributed by atoms with Gasteiger partial charge in [0.2, 0.25) is 0 Å². The fraction of sp³-hybridized carbons (Fsp3) is 0.675. The number of halogens is 1. The van der Waals surface area contributed by atoms with Crippen LogP contribution < -0.4 is 10.6 Å². The number of carbonyl (C=O) groups is 5. The van der Waals surface area contributed by atoms with E-state index in [9.17, 15) is 24.0 Å². The molecule has 0 bridgehead atoms. The Kier molecular flexibility index (Phi) is 9.50. The van der Waals surface area contributed by atoms with Crippen molar-refractivity contribution in [1.82, 2.24) is 25.3 Å². The molecule has 1 aromatic carbocycles. The van der Waals surface area contributed by atoms with Crippen LogP contribution in [0.1, 0.15) is 86.4 Å². The number of hydrogen-bond acceptors (Lipinski definition) is 10. The molecule has 4 heterocycles. The molecule has 4 aliphatic heterocycles. The zero-order valence-electron chi connectivity index (χ0n) is 31.1. The first-order chi connectivity index (χ1) is 25.3. The molecule has 0 radical (unpaired) electrons. The molecule has 286 valence electrons. The molecule has 2 N–H and O–H groups in total. The van der Waals surface area contributed by atoms with Crippen LogP contribution in [0.4, 0.5) is 9.18 Å². The Morgan fingerprint density at radius 2 is 1.68 bits per heavy atom. The van der Waals surface area contributed by atoms with Gasteiger partial charge in [0.1, 0.15) is 11.8 Å². The lowest BCUT2D eigenvalue weighted by Crippen LogP contribution is -2.73. The van der Waals surface area contributed by atoms with E-state index in [-0.39, 0.29) is 42.2 Å². The average molecular weight is 734 g/mol. The Hall–Kier alpha value is -3.68. The predicted octanol–water partition coefficient (Wildman–Crippen LogP) is 3.29. The Labute approximate surface area is 310 Å². The molecule has 11 unspecified atom stereocenters. The fourth-order valence-electron chi connectivity index (χ4n) is 10.4. The highest BCUT2D eigenvalue weighted by Crippen LogP contribution is 2.50. The lowest BCUT2D eigenvalue weighted by Gasteiger charge is -2.60. The first kappa shape index (κ1) is 36.3. The van der Waals surface area contributed by atoms with Gasteiger partial charge in [0, 0.05) is 54.2 Å². The summed E-state index contributed by atoms with van der Waals surface area (Å²) in [4.78, 5) is 74.7. The zero-order chi connectivity index (χ0) is 37.3. The summed E-state index contributed by atoms with van der Waals surface area (Å²) in [6.07, 6.45) is 2.67. The van der Waals surface area contributed by atoms with E-state index in [0.717, 1.165) is 25.8 Å². The number of benzene rings is 1. The van der Waals surface area contributed by atoms with Crippen LogP contribution in [0.3, 0.4) is 0 Å². The molecule has 13 heteroatoms. The molecule has 3 aliphatic carbocycles. The van der Waals surface area contributed by atoms with Crippen LogP contribution in [0.25, 0.3) is 0 Å². The van der Waals surface area contributed by atoms with Crippen molar-refractivity contribution in [2.45, 2.75) is 120 Å². The number of carbonyl (C=O) groups excluding carboxylic acids is 5. The molecule has 3 saturated heterocycles. The molecule has 53 heavy (non-hydrogen) atoms. The number of alkyl halides is 1. The second kappa shape index (κ2) is 13.9. The number of nitrogens with one attached hydrogen (secondary N) is 2. The van der Waals surface area contributed by atoms with Gasteiger partial charge in [-0.25, -0.2) is 9.18 Å². The zero-order valence-corrected chi connectivity index (χ0v) is 31.1.